The third kappa shape index (κ3) is 4.48. The summed E-state index contributed by atoms with van der Waals surface area (Å²) in [4.78, 5) is 29.0. The van der Waals surface area contributed by atoms with Crippen molar-refractivity contribution in [3.8, 4) is 0 Å². The first-order valence-electron chi connectivity index (χ1n) is 9.48. The molecule has 1 aromatic rings. The van der Waals surface area contributed by atoms with Crippen molar-refractivity contribution >= 4 is 11.7 Å². The Morgan fingerprint density at radius 2 is 1.92 bits per heavy atom. The number of fused-ring (bicyclic) bond motifs is 1. The van der Waals surface area contributed by atoms with Crippen molar-refractivity contribution in [2.45, 2.75) is 44.7 Å². The van der Waals surface area contributed by atoms with Crippen LogP contribution in [0.2, 0.25) is 0 Å². The summed E-state index contributed by atoms with van der Waals surface area (Å²) in [7, 11) is 0. The molecule has 2 aliphatic rings. The molecule has 0 bridgehead atoms. The molecule has 26 heavy (non-hydrogen) atoms. The standard InChI is InChI=1S/C20H27FN2O3/c1-2-3-17-13-26-14-18-12-22(10-11-23(17)18)20(25)9-8-19(24)15-4-6-16(21)7-5-15/h4-7,17-18H,2-3,8-14H2,1H3/t17-,18+/m0/s1. The van der Waals surface area contributed by atoms with Crippen molar-refractivity contribution in [2.75, 3.05) is 32.8 Å². The zero-order valence-corrected chi connectivity index (χ0v) is 15.3. The van der Waals surface area contributed by atoms with Crippen LogP contribution in [0.3, 0.4) is 0 Å². The molecule has 0 saturated carbocycles. The van der Waals surface area contributed by atoms with Gasteiger partial charge in [-0.15, -0.1) is 0 Å². The minimum absolute atomic E-state index is 0.0118. The van der Waals surface area contributed by atoms with Gasteiger partial charge in [0.05, 0.1) is 19.3 Å². The van der Waals surface area contributed by atoms with E-state index in [2.05, 4.69) is 11.8 Å². The van der Waals surface area contributed by atoms with E-state index in [9.17, 15) is 14.0 Å². The number of amides is 1. The lowest BCUT2D eigenvalue weighted by molar-refractivity contribution is -0.139. The Hall–Kier alpha value is -1.79. The zero-order chi connectivity index (χ0) is 18.5. The molecule has 0 aliphatic carbocycles. The van der Waals surface area contributed by atoms with Crippen LogP contribution in [-0.4, -0.2) is 66.4 Å². The first kappa shape index (κ1) is 19.0. The van der Waals surface area contributed by atoms with E-state index in [0.717, 1.165) is 26.0 Å². The average molecular weight is 362 g/mol. The lowest BCUT2D eigenvalue weighted by atomic mass is 10.0. The van der Waals surface area contributed by atoms with Gasteiger partial charge in [0.2, 0.25) is 5.91 Å². The minimum Gasteiger partial charge on any atom is -0.378 e. The fourth-order valence-corrected chi connectivity index (χ4v) is 3.90. The van der Waals surface area contributed by atoms with Crippen molar-refractivity contribution in [2.24, 2.45) is 0 Å². The van der Waals surface area contributed by atoms with Crippen LogP contribution in [0.5, 0.6) is 0 Å². The Morgan fingerprint density at radius 3 is 2.65 bits per heavy atom. The normalized spacial score (nSPS) is 23.5. The second-order valence-electron chi connectivity index (χ2n) is 7.14. The number of carbonyl (C=O) groups excluding carboxylic acids is 2. The molecule has 0 spiro atoms. The summed E-state index contributed by atoms with van der Waals surface area (Å²) >= 11 is 0. The van der Waals surface area contributed by atoms with E-state index in [1.165, 1.54) is 24.3 Å². The number of ether oxygens (including phenoxy) is 1. The van der Waals surface area contributed by atoms with Crippen molar-refractivity contribution < 1.29 is 18.7 Å². The molecule has 5 nitrogen and oxygen atoms in total. The van der Waals surface area contributed by atoms with Crippen LogP contribution < -0.4 is 0 Å². The molecule has 1 amide bonds. The average Bonchev–Trinajstić information content (AvgIpc) is 2.66. The highest BCUT2D eigenvalue weighted by Crippen LogP contribution is 2.22. The van der Waals surface area contributed by atoms with Gasteiger partial charge in [-0.3, -0.25) is 14.5 Å². The molecule has 1 aromatic carbocycles. The maximum Gasteiger partial charge on any atom is 0.223 e. The van der Waals surface area contributed by atoms with Crippen LogP contribution in [-0.2, 0) is 9.53 Å². The van der Waals surface area contributed by atoms with Gasteiger partial charge in [0, 0.05) is 44.1 Å². The molecule has 3 rings (SSSR count). The van der Waals surface area contributed by atoms with Gasteiger partial charge in [0.1, 0.15) is 5.82 Å². The third-order valence-corrected chi connectivity index (χ3v) is 5.32. The van der Waals surface area contributed by atoms with E-state index in [-0.39, 0.29) is 36.4 Å². The first-order chi connectivity index (χ1) is 12.6. The predicted molar refractivity (Wildman–Crippen MR) is 96.6 cm³/mol. The summed E-state index contributed by atoms with van der Waals surface area (Å²) in [5.74, 6) is -0.481. The van der Waals surface area contributed by atoms with Gasteiger partial charge in [-0.05, 0) is 30.7 Å². The Bertz CT molecular complexity index is 632. The van der Waals surface area contributed by atoms with E-state index < -0.39 is 0 Å². The summed E-state index contributed by atoms with van der Waals surface area (Å²) in [5.41, 5.74) is 0.451. The van der Waals surface area contributed by atoms with Gasteiger partial charge in [0.25, 0.3) is 0 Å². The smallest absolute Gasteiger partial charge is 0.223 e. The molecule has 2 fully saturated rings. The van der Waals surface area contributed by atoms with Crippen molar-refractivity contribution in [3.05, 3.63) is 35.6 Å². The Balaban J connectivity index is 1.50. The number of benzene rings is 1. The van der Waals surface area contributed by atoms with Gasteiger partial charge in [-0.25, -0.2) is 4.39 Å². The number of morpholine rings is 1. The highest BCUT2D eigenvalue weighted by atomic mass is 19.1. The molecular formula is C20H27FN2O3. The van der Waals surface area contributed by atoms with Crippen molar-refractivity contribution in [1.82, 2.24) is 9.80 Å². The van der Waals surface area contributed by atoms with Crippen molar-refractivity contribution in [1.29, 1.82) is 0 Å². The number of ketones is 1. The number of piperazine rings is 1. The topological polar surface area (TPSA) is 49.9 Å². The number of hydrogen-bond donors (Lipinski definition) is 0. The quantitative estimate of drug-likeness (QED) is 0.730. The number of rotatable bonds is 6. The van der Waals surface area contributed by atoms with E-state index >= 15 is 0 Å². The van der Waals surface area contributed by atoms with E-state index in [1.54, 1.807) is 0 Å². The van der Waals surface area contributed by atoms with Crippen LogP contribution in [0, 0.1) is 5.82 Å². The fourth-order valence-electron chi connectivity index (χ4n) is 3.90. The van der Waals surface area contributed by atoms with Gasteiger partial charge in [0.15, 0.2) is 5.78 Å². The Labute approximate surface area is 154 Å². The summed E-state index contributed by atoms with van der Waals surface area (Å²) in [6, 6.07) is 6.18. The summed E-state index contributed by atoms with van der Waals surface area (Å²) < 4.78 is 18.7. The van der Waals surface area contributed by atoms with Crippen LogP contribution in [0.15, 0.2) is 24.3 Å². The fraction of sp³-hybridized carbons (Fsp3) is 0.600. The zero-order valence-electron chi connectivity index (χ0n) is 15.3. The number of hydrogen-bond acceptors (Lipinski definition) is 4. The summed E-state index contributed by atoms with van der Waals surface area (Å²) in [6.45, 7) is 5.88. The van der Waals surface area contributed by atoms with Crippen LogP contribution >= 0.6 is 0 Å². The largest absolute Gasteiger partial charge is 0.378 e. The van der Waals surface area contributed by atoms with E-state index in [0.29, 0.717) is 31.3 Å². The molecule has 0 N–H and O–H groups in total. The number of nitrogens with zero attached hydrogens (tertiary/aromatic N) is 2. The summed E-state index contributed by atoms with van der Waals surface area (Å²) in [6.07, 6.45) is 2.61. The van der Waals surface area contributed by atoms with Gasteiger partial charge in [-0.1, -0.05) is 13.3 Å². The Kier molecular flexibility index (Phi) is 6.38. The monoisotopic (exact) mass is 362 g/mol. The molecule has 0 unspecified atom stereocenters. The molecule has 2 heterocycles. The van der Waals surface area contributed by atoms with Gasteiger partial charge >= 0.3 is 0 Å². The number of halogens is 1. The second kappa shape index (κ2) is 8.73. The molecule has 2 atom stereocenters. The number of carbonyl (C=O) groups is 2. The SMILES string of the molecule is CCC[C@H]1COC[C@H]2CN(C(=O)CCC(=O)c3ccc(F)cc3)CCN12. The summed E-state index contributed by atoms with van der Waals surface area (Å²) in [5, 5.41) is 0. The Morgan fingerprint density at radius 1 is 1.15 bits per heavy atom. The third-order valence-electron chi connectivity index (χ3n) is 5.32. The lowest BCUT2D eigenvalue weighted by Crippen LogP contribution is -2.62. The van der Waals surface area contributed by atoms with Crippen LogP contribution in [0.25, 0.3) is 0 Å². The van der Waals surface area contributed by atoms with Crippen LogP contribution in [0.4, 0.5) is 4.39 Å². The molecule has 6 heteroatoms. The maximum atomic E-state index is 12.9. The molecule has 142 valence electrons. The van der Waals surface area contributed by atoms with E-state index in [4.69, 9.17) is 4.74 Å². The molecule has 0 aromatic heterocycles. The molecular weight excluding hydrogens is 335 g/mol. The van der Waals surface area contributed by atoms with E-state index in [1.807, 2.05) is 4.90 Å². The molecule has 2 aliphatic heterocycles. The highest BCUT2D eigenvalue weighted by molar-refractivity contribution is 5.97. The molecule has 0 radical (unpaired) electrons. The maximum absolute atomic E-state index is 12.9. The second-order valence-corrected chi connectivity index (χ2v) is 7.14. The van der Waals surface area contributed by atoms with Crippen LogP contribution in [0.1, 0.15) is 43.0 Å². The molecule has 2 saturated heterocycles. The lowest BCUT2D eigenvalue weighted by Gasteiger charge is -2.48. The predicted octanol–water partition coefficient (Wildman–Crippen LogP) is 2.50. The highest BCUT2D eigenvalue weighted by Gasteiger charge is 2.36. The first-order valence-corrected chi connectivity index (χ1v) is 9.48. The minimum atomic E-state index is -0.369. The van der Waals surface area contributed by atoms with Crippen molar-refractivity contribution in [3.63, 3.8) is 0 Å². The van der Waals surface area contributed by atoms with Gasteiger partial charge < -0.3 is 9.64 Å². The number of Topliss-reactive ketones (excluding diaryl/α,β-unsaturated/α-hetero) is 1. The van der Waals surface area contributed by atoms with Gasteiger partial charge in [-0.2, -0.15) is 0 Å².